The number of piperazine rings is 1. The Morgan fingerprint density at radius 2 is 1.89 bits per heavy atom. The quantitative estimate of drug-likeness (QED) is 0.768. The zero-order valence-electron chi connectivity index (χ0n) is 16.6. The Hall–Kier alpha value is -2.51. The molecule has 8 heteroatoms. The first-order chi connectivity index (χ1) is 12.9. The molecule has 1 aliphatic heterocycles. The van der Waals surface area contributed by atoms with Crippen LogP contribution in [0, 0.1) is 13.8 Å². The van der Waals surface area contributed by atoms with Crippen LogP contribution in [0.25, 0.3) is 0 Å². The Bertz CT molecular complexity index is 780. The number of nitrogens with zero attached hydrogens (tertiary/aromatic N) is 6. The van der Waals surface area contributed by atoms with E-state index in [2.05, 4.69) is 33.9 Å². The number of aryl methyl sites for hydroxylation is 3. The first kappa shape index (κ1) is 19.3. The monoisotopic (exact) mass is 372 g/mol. The summed E-state index contributed by atoms with van der Waals surface area (Å²) in [6, 6.07) is 2.02. The lowest BCUT2D eigenvalue weighted by Crippen LogP contribution is -2.49. The van der Waals surface area contributed by atoms with Gasteiger partial charge in [-0.15, -0.1) is 0 Å². The third kappa shape index (κ3) is 5.02. The van der Waals surface area contributed by atoms with Crippen molar-refractivity contribution in [3.05, 3.63) is 29.3 Å². The standard InChI is InChI=1S/C19H28N6O2/c1-13(2)19-20-14(3)12-16(22-19)24-8-10-25(11-9-24)18(26)7-5-6-17-21-15(4)23-27-17/h12-13H,5-11H2,1-4H3. The van der Waals surface area contributed by atoms with Gasteiger partial charge in [-0.2, -0.15) is 4.98 Å². The molecule has 2 aromatic rings. The number of rotatable bonds is 6. The number of hydrogen-bond donors (Lipinski definition) is 0. The van der Waals surface area contributed by atoms with Gasteiger partial charge < -0.3 is 14.3 Å². The van der Waals surface area contributed by atoms with Crippen LogP contribution >= 0.6 is 0 Å². The predicted octanol–water partition coefficient (Wildman–Crippen LogP) is 2.27. The molecule has 3 rings (SSSR count). The van der Waals surface area contributed by atoms with Crippen molar-refractivity contribution in [3.63, 3.8) is 0 Å². The van der Waals surface area contributed by atoms with Crippen LogP contribution in [0.15, 0.2) is 10.6 Å². The van der Waals surface area contributed by atoms with E-state index in [4.69, 9.17) is 9.51 Å². The fourth-order valence-electron chi connectivity index (χ4n) is 3.17. The third-order valence-corrected chi connectivity index (χ3v) is 4.68. The lowest BCUT2D eigenvalue weighted by Gasteiger charge is -2.35. The molecule has 0 atom stereocenters. The second-order valence-corrected chi connectivity index (χ2v) is 7.34. The van der Waals surface area contributed by atoms with Crippen LogP contribution in [0.1, 0.15) is 55.8 Å². The molecular formula is C19H28N6O2. The summed E-state index contributed by atoms with van der Waals surface area (Å²) in [4.78, 5) is 30.0. The molecule has 1 saturated heterocycles. The Morgan fingerprint density at radius 1 is 1.15 bits per heavy atom. The van der Waals surface area contributed by atoms with Gasteiger partial charge in [0.2, 0.25) is 11.8 Å². The minimum absolute atomic E-state index is 0.188. The smallest absolute Gasteiger partial charge is 0.226 e. The largest absolute Gasteiger partial charge is 0.353 e. The van der Waals surface area contributed by atoms with E-state index < -0.39 is 0 Å². The van der Waals surface area contributed by atoms with Crippen LogP contribution in [0.4, 0.5) is 5.82 Å². The van der Waals surface area contributed by atoms with E-state index >= 15 is 0 Å². The average molecular weight is 372 g/mol. The topological polar surface area (TPSA) is 88.2 Å². The molecule has 0 spiro atoms. The molecule has 8 nitrogen and oxygen atoms in total. The molecular weight excluding hydrogens is 344 g/mol. The lowest BCUT2D eigenvalue weighted by molar-refractivity contribution is -0.131. The molecule has 146 valence electrons. The molecule has 0 aliphatic carbocycles. The van der Waals surface area contributed by atoms with Crippen molar-refractivity contribution in [2.75, 3.05) is 31.1 Å². The minimum Gasteiger partial charge on any atom is -0.353 e. The van der Waals surface area contributed by atoms with E-state index in [0.717, 1.165) is 49.9 Å². The zero-order valence-corrected chi connectivity index (χ0v) is 16.6. The Morgan fingerprint density at radius 3 is 2.52 bits per heavy atom. The second-order valence-electron chi connectivity index (χ2n) is 7.34. The molecule has 0 N–H and O–H groups in total. The van der Waals surface area contributed by atoms with Crippen molar-refractivity contribution in [1.29, 1.82) is 0 Å². The highest BCUT2D eigenvalue weighted by molar-refractivity contribution is 5.76. The highest BCUT2D eigenvalue weighted by atomic mass is 16.5. The Kier molecular flexibility index (Phi) is 6.03. The third-order valence-electron chi connectivity index (χ3n) is 4.68. The Balaban J connectivity index is 1.49. The summed E-state index contributed by atoms with van der Waals surface area (Å²) in [6.07, 6.45) is 1.87. The molecule has 0 bridgehead atoms. The average Bonchev–Trinajstić information content (AvgIpc) is 3.06. The van der Waals surface area contributed by atoms with Gasteiger partial charge in [-0.05, 0) is 20.3 Å². The van der Waals surface area contributed by atoms with Gasteiger partial charge in [-0.3, -0.25) is 4.79 Å². The molecule has 0 radical (unpaired) electrons. The maximum Gasteiger partial charge on any atom is 0.226 e. The lowest BCUT2D eigenvalue weighted by atomic mass is 10.2. The Labute approximate surface area is 160 Å². The fraction of sp³-hybridized carbons (Fsp3) is 0.632. The van der Waals surface area contributed by atoms with Crippen molar-refractivity contribution in [3.8, 4) is 0 Å². The summed E-state index contributed by atoms with van der Waals surface area (Å²) in [5.74, 6) is 3.56. The van der Waals surface area contributed by atoms with Gasteiger partial charge in [0, 0.05) is 56.7 Å². The summed E-state index contributed by atoms with van der Waals surface area (Å²) < 4.78 is 5.09. The minimum atomic E-state index is 0.188. The van der Waals surface area contributed by atoms with E-state index in [1.807, 2.05) is 17.9 Å². The number of amides is 1. The molecule has 1 fully saturated rings. The SMILES string of the molecule is Cc1cc(N2CCN(C(=O)CCCc3nc(C)no3)CC2)nc(C(C)C)n1. The summed E-state index contributed by atoms with van der Waals surface area (Å²) in [5.41, 5.74) is 0.985. The fourth-order valence-corrected chi connectivity index (χ4v) is 3.17. The molecule has 0 saturated carbocycles. The molecule has 1 amide bonds. The van der Waals surface area contributed by atoms with Gasteiger partial charge in [-0.25, -0.2) is 9.97 Å². The van der Waals surface area contributed by atoms with Crippen molar-refractivity contribution in [2.45, 2.75) is 52.9 Å². The highest BCUT2D eigenvalue weighted by Gasteiger charge is 2.22. The van der Waals surface area contributed by atoms with Crippen LogP contribution in [0.5, 0.6) is 0 Å². The molecule has 0 unspecified atom stereocenters. The maximum atomic E-state index is 12.4. The number of anilines is 1. The first-order valence-corrected chi connectivity index (χ1v) is 9.60. The molecule has 1 aliphatic rings. The van der Waals surface area contributed by atoms with Crippen LogP contribution < -0.4 is 4.90 Å². The van der Waals surface area contributed by atoms with Gasteiger partial charge in [0.25, 0.3) is 0 Å². The molecule has 0 aromatic carbocycles. The first-order valence-electron chi connectivity index (χ1n) is 9.60. The van der Waals surface area contributed by atoms with Gasteiger partial charge in [0.1, 0.15) is 11.6 Å². The number of carbonyl (C=O) groups excluding carboxylic acids is 1. The number of carbonyl (C=O) groups is 1. The van der Waals surface area contributed by atoms with Gasteiger partial charge in [-0.1, -0.05) is 19.0 Å². The van der Waals surface area contributed by atoms with Crippen LogP contribution in [0.3, 0.4) is 0 Å². The van der Waals surface area contributed by atoms with E-state index in [9.17, 15) is 4.79 Å². The second kappa shape index (κ2) is 8.45. The van der Waals surface area contributed by atoms with E-state index in [-0.39, 0.29) is 5.91 Å². The molecule has 3 heterocycles. The van der Waals surface area contributed by atoms with Crippen LogP contribution in [-0.4, -0.2) is 57.1 Å². The van der Waals surface area contributed by atoms with Crippen molar-refractivity contribution in [1.82, 2.24) is 25.0 Å². The summed E-state index contributed by atoms with van der Waals surface area (Å²) in [7, 11) is 0. The zero-order chi connectivity index (χ0) is 19.4. The number of aromatic nitrogens is 4. The molecule has 27 heavy (non-hydrogen) atoms. The van der Waals surface area contributed by atoms with Gasteiger partial charge in [0.15, 0.2) is 5.82 Å². The maximum absolute atomic E-state index is 12.4. The van der Waals surface area contributed by atoms with Gasteiger partial charge in [0.05, 0.1) is 0 Å². The van der Waals surface area contributed by atoms with Crippen LogP contribution in [0.2, 0.25) is 0 Å². The highest BCUT2D eigenvalue weighted by Crippen LogP contribution is 2.19. The van der Waals surface area contributed by atoms with E-state index in [1.54, 1.807) is 6.92 Å². The van der Waals surface area contributed by atoms with Crippen molar-refractivity contribution in [2.24, 2.45) is 0 Å². The van der Waals surface area contributed by atoms with Crippen molar-refractivity contribution >= 4 is 11.7 Å². The van der Waals surface area contributed by atoms with Crippen molar-refractivity contribution < 1.29 is 9.32 Å². The van der Waals surface area contributed by atoms with E-state index in [1.165, 1.54) is 0 Å². The summed E-state index contributed by atoms with van der Waals surface area (Å²) in [6.45, 7) is 11.0. The normalized spacial score (nSPS) is 14.9. The predicted molar refractivity (Wildman–Crippen MR) is 102 cm³/mol. The summed E-state index contributed by atoms with van der Waals surface area (Å²) >= 11 is 0. The van der Waals surface area contributed by atoms with Gasteiger partial charge >= 0.3 is 0 Å². The number of hydrogen-bond acceptors (Lipinski definition) is 7. The summed E-state index contributed by atoms with van der Waals surface area (Å²) in [5, 5.41) is 3.77. The molecule has 2 aromatic heterocycles. The van der Waals surface area contributed by atoms with Crippen LogP contribution in [-0.2, 0) is 11.2 Å². The van der Waals surface area contributed by atoms with E-state index in [0.29, 0.717) is 30.5 Å².